The van der Waals surface area contributed by atoms with Gasteiger partial charge in [-0.1, -0.05) is 12.1 Å². The molecule has 0 amide bonds. The maximum atomic E-state index is 4.52. The minimum Gasteiger partial charge on any atom is -0.275 e. The molecule has 10 nitrogen and oxygen atoms in total. The van der Waals surface area contributed by atoms with Crippen LogP contribution in [0.2, 0.25) is 0 Å². The smallest absolute Gasteiger partial charge is 0.275 e. The number of H-pyrrole nitrogens is 1. The van der Waals surface area contributed by atoms with Crippen molar-refractivity contribution in [3.8, 4) is 5.69 Å². The maximum absolute atomic E-state index is 4.52. The van der Waals surface area contributed by atoms with Crippen LogP contribution in [0.3, 0.4) is 0 Å². The quantitative estimate of drug-likeness (QED) is 0.465. The highest BCUT2D eigenvalue weighted by molar-refractivity contribution is 5.76. The summed E-state index contributed by atoms with van der Waals surface area (Å²) >= 11 is 0. The number of hydrogen-bond donors (Lipinski definition) is 1. The predicted molar refractivity (Wildman–Crippen MR) is 94.8 cm³/mol. The second-order valence-corrected chi connectivity index (χ2v) is 6.05. The summed E-state index contributed by atoms with van der Waals surface area (Å²) < 4.78 is 1.75. The highest BCUT2D eigenvalue weighted by atomic mass is 15.7. The van der Waals surface area contributed by atoms with Crippen LogP contribution < -0.4 is 4.68 Å². The molecule has 27 heavy (non-hydrogen) atoms. The molecule has 1 aromatic carbocycles. The highest BCUT2D eigenvalue weighted by Gasteiger charge is 2.17. The van der Waals surface area contributed by atoms with Gasteiger partial charge in [0.15, 0.2) is 0 Å². The minimum atomic E-state index is 0.535. The Hall–Kier alpha value is -4.21. The van der Waals surface area contributed by atoms with E-state index in [0.717, 1.165) is 27.6 Å². The SMILES string of the molecule is c1ccc2nn(-c3cnc4nn(-[n+]5ccc6cn[nH]c6c5)nc4c3)nc2c1. The summed E-state index contributed by atoms with van der Waals surface area (Å²) in [5, 5.41) is 25.9. The van der Waals surface area contributed by atoms with Crippen LogP contribution in [0.4, 0.5) is 0 Å². The number of nitrogens with one attached hydrogen (secondary N) is 1. The zero-order valence-corrected chi connectivity index (χ0v) is 13.8. The Labute approximate surface area is 150 Å². The molecule has 0 aliphatic rings. The van der Waals surface area contributed by atoms with Gasteiger partial charge in [0.1, 0.15) is 22.9 Å². The van der Waals surface area contributed by atoms with E-state index in [1.807, 2.05) is 48.8 Å². The van der Waals surface area contributed by atoms with Gasteiger partial charge in [-0.15, -0.1) is 19.7 Å². The summed E-state index contributed by atoms with van der Waals surface area (Å²) in [6, 6.07) is 11.5. The van der Waals surface area contributed by atoms with Crippen LogP contribution in [0.25, 0.3) is 38.8 Å². The van der Waals surface area contributed by atoms with Crippen molar-refractivity contribution >= 4 is 33.1 Å². The van der Waals surface area contributed by atoms with E-state index in [1.54, 1.807) is 21.9 Å². The van der Waals surface area contributed by atoms with Crippen LogP contribution in [0.1, 0.15) is 0 Å². The Kier molecular flexibility index (Phi) is 2.67. The Bertz CT molecular complexity index is 1410. The van der Waals surface area contributed by atoms with Gasteiger partial charge in [0.2, 0.25) is 5.52 Å². The fraction of sp³-hybridized carbons (Fsp3) is 0. The fourth-order valence-corrected chi connectivity index (χ4v) is 2.96. The van der Waals surface area contributed by atoms with Crippen LogP contribution in [-0.2, 0) is 0 Å². The van der Waals surface area contributed by atoms with Gasteiger partial charge in [-0.3, -0.25) is 5.10 Å². The Morgan fingerprint density at radius 1 is 0.889 bits per heavy atom. The van der Waals surface area contributed by atoms with Gasteiger partial charge >= 0.3 is 5.65 Å². The van der Waals surface area contributed by atoms with Crippen molar-refractivity contribution in [3.05, 3.63) is 61.2 Å². The first-order chi connectivity index (χ1) is 13.3. The van der Waals surface area contributed by atoms with Gasteiger partial charge in [-0.25, -0.2) is 4.98 Å². The van der Waals surface area contributed by atoms with Crippen molar-refractivity contribution < 1.29 is 4.68 Å². The van der Waals surface area contributed by atoms with E-state index in [2.05, 4.69) is 35.6 Å². The molecule has 1 N–H and O–H groups in total. The van der Waals surface area contributed by atoms with E-state index >= 15 is 0 Å². The average Bonchev–Trinajstić information content (AvgIpc) is 3.42. The van der Waals surface area contributed by atoms with E-state index in [1.165, 1.54) is 4.91 Å². The summed E-state index contributed by atoms with van der Waals surface area (Å²) in [7, 11) is 0. The number of aromatic nitrogens is 10. The molecule has 0 fully saturated rings. The lowest BCUT2D eigenvalue weighted by molar-refractivity contribution is -0.743. The monoisotopic (exact) mass is 355 g/mol. The largest absolute Gasteiger partial charge is 0.301 e. The third-order valence-corrected chi connectivity index (χ3v) is 4.31. The van der Waals surface area contributed by atoms with Crippen LogP contribution >= 0.6 is 0 Å². The predicted octanol–water partition coefficient (Wildman–Crippen LogP) is 1.04. The molecule has 0 aliphatic heterocycles. The molecular weight excluding hydrogens is 344 g/mol. The molecule has 128 valence electrons. The average molecular weight is 355 g/mol. The summed E-state index contributed by atoms with van der Waals surface area (Å²) in [6.07, 6.45) is 7.17. The lowest BCUT2D eigenvalue weighted by atomic mass is 10.3. The molecular formula is C17H11N10+. The Balaban J connectivity index is 1.46. The minimum absolute atomic E-state index is 0.535. The first-order valence-electron chi connectivity index (χ1n) is 8.24. The number of nitrogens with zero attached hydrogens (tertiary/aromatic N) is 9. The van der Waals surface area contributed by atoms with E-state index in [9.17, 15) is 0 Å². The molecule has 6 aromatic rings. The van der Waals surface area contributed by atoms with Gasteiger partial charge < -0.3 is 0 Å². The van der Waals surface area contributed by atoms with Gasteiger partial charge in [0.05, 0.1) is 29.0 Å². The van der Waals surface area contributed by atoms with Crippen LogP contribution in [0.5, 0.6) is 0 Å². The molecule has 0 unspecified atom stereocenters. The molecule has 0 saturated carbocycles. The molecule has 6 rings (SSSR count). The number of pyridine rings is 2. The molecule has 0 bridgehead atoms. The Morgan fingerprint density at radius 3 is 2.59 bits per heavy atom. The molecule has 0 atom stereocenters. The van der Waals surface area contributed by atoms with Crippen LogP contribution in [-0.4, -0.2) is 45.3 Å². The van der Waals surface area contributed by atoms with Crippen molar-refractivity contribution in [1.29, 1.82) is 0 Å². The van der Waals surface area contributed by atoms with Crippen molar-refractivity contribution in [1.82, 2.24) is 45.3 Å². The van der Waals surface area contributed by atoms with Crippen molar-refractivity contribution in [2.24, 2.45) is 0 Å². The van der Waals surface area contributed by atoms with E-state index in [4.69, 9.17) is 0 Å². The van der Waals surface area contributed by atoms with Crippen LogP contribution in [0.15, 0.2) is 61.2 Å². The van der Waals surface area contributed by atoms with Crippen molar-refractivity contribution in [2.45, 2.75) is 0 Å². The van der Waals surface area contributed by atoms with Gasteiger partial charge in [-0.05, 0) is 18.2 Å². The lowest BCUT2D eigenvalue weighted by Gasteiger charge is -1.95. The first-order valence-corrected chi connectivity index (χ1v) is 8.24. The second kappa shape index (κ2) is 5.14. The van der Waals surface area contributed by atoms with E-state index < -0.39 is 0 Å². The standard InChI is InChI=1S/C17H10N10/c1-2-4-14-13(3-1)21-26(22-14)12-7-15-17(18-9-12)24-27(23-15)25-6-5-11-8-19-20-16(11)10-25/h1-10H/p+1. The summed E-state index contributed by atoms with van der Waals surface area (Å²) in [5.74, 6) is 0. The topological polar surface area (TPSA) is 107 Å². The zero-order chi connectivity index (χ0) is 17.8. The highest BCUT2D eigenvalue weighted by Crippen LogP contribution is 2.14. The number of fused-ring (bicyclic) bond motifs is 3. The fourth-order valence-electron chi connectivity index (χ4n) is 2.96. The number of rotatable bonds is 2. The number of benzene rings is 1. The molecule has 10 heteroatoms. The molecule has 0 spiro atoms. The Morgan fingerprint density at radius 2 is 1.74 bits per heavy atom. The normalized spacial score (nSPS) is 11.7. The second-order valence-electron chi connectivity index (χ2n) is 6.05. The third-order valence-electron chi connectivity index (χ3n) is 4.31. The third kappa shape index (κ3) is 2.16. The first kappa shape index (κ1) is 14.0. The number of aromatic amines is 1. The zero-order valence-electron chi connectivity index (χ0n) is 13.8. The van der Waals surface area contributed by atoms with Crippen molar-refractivity contribution in [2.75, 3.05) is 0 Å². The summed E-state index contributed by atoms with van der Waals surface area (Å²) in [5.41, 5.74) is 4.44. The summed E-state index contributed by atoms with van der Waals surface area (Å²) in [6.45, 7) is 0. The molecule has 5 aromatic heterocycles. The maximum Gasteiger partial charge on any atom is 0.301 e. The summed E-state index contributed by atoms with van der Waals surface area (Å²) in [4.78, 5) is 7.43. The van der Waals surface area contributed by atoms with Crippen LogP contribution in [0, 0.1) is 0 Å². The van der Waals surface area contributed by atoms with Gasteiger partial charge in [0.25, 0.3) is 0 Å². The molecule has 0 saturated heterocycles. The lowest BCUT2D eigenvalue weighted by Crippen LogP contribution is -2.43. The number of hydrogen-bond acceptors (Lipinski definition) is 6. The molecule has 0 aliphatic carbocycles. The molecule has 5 heterocycles. The van der Waals surface area contributed by atoms with Crippen molar-refractivity contribution in [3.63, 3.8) is 0 Å². The van der Waals surface area contributed by atoms with E-state index in [0.29, 0.717) is 11.2 Å². The van der Waals surface area contributed by atoms with E-state index in [-0.39, 0.29) is 0 Å². The van der Waals surface area contributed by atoms with Gasteiger partial charge in [0, 0.05) is 21.6 Å². The van der Waals surface area contributed by atoms with Gasteiger partial charge in [-0.2, -0.15) is 5.10 Å². The molecule has 0 radical (unpaired) electrons.